The molecule has 0 aromatic heterocycles. The van der Waals surface area contributed by atoms with Crippen molar-refractivity contribution in [3.63, 3.8) is 0 Å². The van der Waals surface area contributed by atoms with E-state index in [2.05, 4.69) is 4.72 Å². The van der Waals surface area contributed by atoms with Gasteiger partial charge in [-0.05, 0) is 32.0 Å². The Bertz CT molecular complexity index is 1060. The van der Waals surface area contributed by atoms with Gasteiger partial charge in [0.05, 0.1) is 40.5 Å². The predicted molar refractivity (Wildman–Crippen MR) is 119 cm³/mol. The van der Waals surface area contributed by atoms with Crippen LogP contribution in [-0.4, -0.2) is 46.5 Å². The number of sulfonamides is 1. The molecular weight excluding hydrogens is 475 g/mol. The number of benzene rings is 2. The summed E-state index contributed by atoms with van der Waals surface area (Å²) in [6, 6.07) is 5.18. The van der Waals surface area contributed by atoms with Gasteiger partial charge in [0.2, 0.25) is 0 Å². The van der Waals surface area contributed by atoms with Crippen molar-refractivity contribution < 1.29 is 22.7 Å². The molecule has 0 heterocycles. The SMILES string of the molecule is CCN(CC)C(=O)c1cc(S(=O)(=O)Nc2cc(Cl)c(OC)cc2OC)c(Cl)cc1Cl. The number of carbonyl (C=O) groups is 1. The number of rotatable bonds is 8. The van der Waals surface area contributed by atoms with Crippen LogP contribution in [0.5, 0.6) is 11.5 Å². The van der Waals surface area contributed by atoms with Crippen LogP contribution in [0.4, 0.5) is 5.69 Å². The molecule has 0 radical (unpaired) electrons. The molecule has 0 saturated heterocycles. The molecular formula is C19H21Cl3N2O5S. The van der Waals surface area contributed by atoms with Gasteiger partial charge in [-0.3, -0.25) is 9.52 Å². The first kappa shape index (κ1) is 24.4. The van der Waals surface area contributed by atoms with E-state index in [1.54, 1.807) is 0 Å². The van der Waals surface area contributed by atoms with Gasteiger partial charge >= 0.3 is 0 Å². The van der Waals surface area contributed by atoms with Gasteiger partial charge in [-0.25, -0.2) is 8.42 Å². The van der Waals surface area contributed by atoms with Crippen LogP contribution in [-0.2, 0) is 10.0 Å². The van der Waals surface area contributed by atoms with E-state index in [1.165, 1.54) is 37.3 Å². The van der Waals surface area contributed by atoms with E-state index in [0.29, 0.717) is 18.8 Å². The summed E-state index contributed by atoms with van der Waals surface area (Å²) in [5.74, 6) is 0.0978. The second-order valence-electron chi connectivity index (χ2n) is 6.03. The lowest BCUT2D eigenvalue weighted by Gasteiger charge is -2.20. The number of halogens is 3. The molecule has 164 valence electrons. The minimum atomic E-state index is -4.22. The smallest absolute Gasteiger partial charge is 0.263 e. The Labute approximate surface area is 190 Å². The lowest BCUT2D eigenvalue weighted by molar-refractivity contribution is 0.0773. The summed E-state index contributed by atoms with van der Waals surface area (Å²) in [5.41, 5.74) is 0.107. The average molecular weight is 496 g/mol. The maximum absolute atomic E-state index is 13.1. The van der Waals surface area contributed by atoms with Gasteiger partial charge < -0.3 is 14.4 Å². The third kappa shape index (κ3) is 5.06. The number of nitrogens with one attached hydrogen (secondary N) is 1. The molecule has 0 bridgehead atoms. The summed E-state index contributed by atoms with van der Waals surface area (Å²) in [6.07, 6.45) is 0. The first-order valence-electron chi connectivity index (χ1n) is 8.82. The topological polar surface area (TPSA) is 84.9 Å². The van der Waals surface area contributed by atoms with E-state index in [9.17, 15) is 13.2 Å². The van der Waals surface area contributed by atoms with Crippen LogP contribution in [0.1, 0.15) is 24.2 Å². The standard InChI is InChI=1S/C19H21Cl3N2O5S/c1-5-24(6-2)19(25)11-7-18(14(22)8-12(11)20)30(26,27)23-15-9-13(21)16(28-3)10-17(15)29-4/h7-10,23H,5-6H2,1-4H3. The Kier molecular flexibility index (Phi) is 8.10. The zero-order valence-corrected chi connectivity index (χ0v) is 19.8. The highest BCUT2D eigenvalue weighted by atomic mass is 35.5. The Morgan fingerprint density at radius 2 is 1.53 bits per heavy atom. The molecule has 1 amide bonds. The third-order valence-corrected chi connectivity index (χ3v) is 6.75. The van der Waals surface area contributed by atoms with Crippen molar-refractivity contribution in [2.45, 2.75) is 18.7 Å². The largest absolute Gasteiger partial charge is 0.495 e. The van der Waals surface area contributed by atoms with Crippen molar-refractivity contribution in [2.24, 2.45) is 0 Å². The molecule has 2 aromatic carbocycles. The van der Waals surface area contributed by atoms with E-state index in [0.717, 1.165) is 6.07 Å². The normalized spacial score (nSPS) is 11.2. The summed E-state index contributed by atoms with van der Waals surface area (Å²) in [7, 11) is -1.42. The summed E-state index contributed by atoms with van der Waals surface area (Å²) >= 11 is 18.4. The van der Waals surface area contributed by atoms with Gasteiger partial charge in [-0.2, -0.15) is 0 Å². The van der Waals surface area contributed by atoms with Crippen molar-refractivity contribution in [3.05, 3.63) is 44.9 Å². The van der Waals surface area contributed by atoms with E-state index < -0.39 is 15.9 Å². The highest BCUT2D eigenvalue weighted by Crippen LogP contribution is 2.38. The molecule has 2 rings (SSSR count). The summed E-state index contributed by atoms with van der Waals surface area (Å²) in [6.45, 7) is 4.50. The van der Waals surface area contributed by atoms with Gasteiger partial charge in [0, 0.05) is 19.2 Å². The van der Waals surface area contributed by atoms with E-state index in [-0.39, 0.29) is 37.0 Å². The average Bonchev–Trinajstić information content (AvgIpc) is 2.68. The van der Waals surface area contributed by atoms with Crippen molar-refractivity contribution in [3.8, 4) is 11.5 Å². The van der Waals surface area contributed by atoms with E-state index in [1.807, 2.05) is 13.8 Å². The molecule has 7 nitrogen and oxygen atoms in total. The zero-order chi connectivity index (χ0) is 22.6. The van der Waals surface area contributed by atoms with Crippen LogP contribution >= 0.6 is 34.8 Å². The Hall–Kier alpha value is -1.87. The number of anilines is 1. The molecule has 30 heavy (non-hydrogen) atoms. The van der Waals surface area contributed by atoms with Gasteiger partial charge in [-0.1, -0.05) is 34.8 Å². The minimum Gasteiger partial charge on any atom is -0.495 e. The van der Waals surface area contributed by atoms with Gasteiger partial charge in [0.15, 0.2) is 0 Å². The first-order chi connectivity index (χ1) is 14.1. The highest BCUT2D eigenvalue weighted by molar-refractivity contribution is 7.92. The van der Waals surface area contributed by atoms with Gasteiger partial charge in [0.25, 0.3) is 15.9 Å². The molecule has 2 aromatic rings. The lowest BCUT2D eigenvalue weighted by Crippen LogP contribution is -2.31. The number of ether oxygens (including phenoxy) is 2. The van der Waals surface area contributed by atoms with Crippen LogP contribution in [0.25, 0.3) is 0 Å². The number of methoxy groups -OCH3 is 2. The number of carbonyl (C=O) groups excluding carboxylic acids is 1. The molecule has 0 saturated carbocycles. The number of hydrogen-bond acceptors (Lipinski definition) is 5. The fraction of sp³-hybridized carbons (Fsp3) is 0.316. The number of hydrogen-bond donors (Lipinski definition) is 1. The maximum Gasteiger partial charge on any atom is 0.263 e. The Balaban J connectivity index is 2.54. The molecule has 0 fully saturated rings. The van der Waals surface area contributed by atoms with Gasteiger partial charge in [0.1, 0.15) is 16.4 Å². The monoisotopic (exact) mass is 494 g/mol. The zero-order valence-electron chi connectivity index (χ0n) is 16.8. The van der Waals surface area contributed by atoms with Crippen LogP contribution in [0.3, 0.4) is 0 Å². The van der Waals surface area contributed by atoms with Crippen LogP contribution in [0.15, 0.2) is 29.2 Å². The molecule has 0 aliphatic heterocycles. The van der Waals surface area contributed by atoms with Crippen molar-refractivity contribution in [2.75, 3.05) is 32.0 Å². The number of amides is 1. The second-order valence-corrected chi connectivity index (χ2v) is 8.90. The fourth-order valence-corrected chi connectivity index (χ4v) is 4.88. The number of nitrogens with zero attached hydrogens (tertiary/aromatic N) is 1. The maximum atomic E-state index is 13.1. The van der Waals surface area contributed by atoms with Crippen molar-refractivity contribution in [1.29, 1.82) is 0 Å². The molecule has 11 heteroatoms. The summed E-state index contributed by atoms with van der Waals surface area (Å²) in [5, 5.41) is 0.0960. The molecule has 0 aliphatic carbocycles. The predicted octanol–water partition coefficient (Wildman–Crippen LogP) is 4.95. The molecule has 0 atom stereocenters. The quantitative estimate of drug-likeness (QED) is 0.560. The third-order valence-electron chi connectivity index (χ3n) is 4.31. The molecule has 0 aliphatic rings. The van der Waals surface area contributed by atoms with Crippen LogP contribution in [0, 0.1) is 0 Å². The van der Waals surface area contributed by atoms with Crippen LogP contribution < -0.4 is 14.2 Å². The minimum absolute atomic E-state index is 0.0323. The lowest BCUT2D eigenvalue weighted by atomic mass is 10.2. The molecule has 0 spiro atoms. The Morgan fingerprint density at radius 1 is 0.933 bits per heavy atom. The molecule has 0 unspecified atom stereocenters. The summed E-state index contributed by atoms with van der Waals surface area (Å²) < 4.78 is 38.8. The van der Waals surface area contributed by atoms with Crippen LogP contribution in [0.2, 0.25) is 15.1 Å². The van der Waals surface area contributed by atoms with E-state index >= 15 is 0 Å². The highest BCUT2D eigenvalue weighted by Gasteiger charge is 2.26. The Morgan fingerprint density at radius 3 is 2.07 bits per heavy atom. The fourth-order valence-electron chi connectivity index (χ4n) is 2.72. The summed E-state index contributed by atoms with van der Waals surface area (Å²) in [4.78, 5) is 13.9. The molecule has 1 N–H and O–H groups in total. The van der Waals surface area contributed by atoms with Crippen molar-refractivity contribution >= 4 is 56.4 Å². The van der Waals surface area contributed by atoms with E-state index in [4.69, 9.17) is 44.3 Å². The van der Waals surface area contributed by atoms with Crippen molar-refractivity contribution in [1.82, 2.24) is 4.90 Å². The van der Waals surface area contributed by atoms with Gasteiger partial charge in [-0.15, -0.1) is 0 Å². The first-order valence-corrected chi connectivity index (χ1v) is 11.4. The second kappa shape index (κ2) is 9.96.